The predicted octanol–water partition coefficient (Wildman–Crippen LogP) is 3.03. The quantitative estimate of drug-likeness (QED) is 0.729. The molecule has 134 valence electrons. The number of carbonyl (C=O) groups excluding carboxylic acids is 2. The average molecular weight is 354 g/mol. The highest BCUT2D eigenvalue weighted by Gasteiger charge is 2.10. The number of ether oxygens (including phenoxy) is 1. The van der Waals surface area contributed by atoms with Crippen molar-refractivity contribution in [3.63, 3.8) is 0 Å². The molecule has 0 aliphatic heterocycles. The van der Waals surface area contributed by atoms with Crippen LogP contribution < -0.4 is 10.6 Å². The molecule has 2 N–H and O–H groups in total. The zero-order valence-electron chi connectivity index (χ0n) is 14.4. The lowest BCUT2D eigenvalue weighted by atomic mass is 10.2. The number of anilines is 1. The third kappa shape index (κ3) is 4.15. The molecular weight excluding hydrogens is 336 g/mol. The van der Waals surface area contributed by atoms with E-state index in [1.54, 1.807) is 44.2 Å². The summed E-state index contributed by atoms with van der Waals surface area (Å²) in [7, 11) is 0. The molecule has 0 fully saturated rings. The van der Waals surface area contributed by atoms with Gasteiger partial charge in [0, 0.05) is 24.4 Å². The van der Waals surface area contributed by atoms with E-state index in [9.17, 15) is 9.59 Å². The second-order valence-electron chi connectivity index (χ2n) is 5.48. The molecule has 2 heterocycles. The number of carbonyl (C=O) groups is 2. The van der Waals surface area contributed by atoms with Crippen LogP contribution in [0.15, 0.2) is 40.9 Å². The Morgan fingerprint density at radius 2 is 2.08 bits per heavy atom. The molecule has 8 nitrogen and oxygen atoms in total. The summed E-state index contributed by atoms with van der Waals surface area (Å²) in [5, 5.41) is 5.38. The van der Waals surface area contributed by atoms with Gasteiger partial charge in [-0.05, 0) is 37.3 Å². The van der Waals surface area contributed by atoms with Crippen LogP contribution in [0.3, 0.4) is 0 Å². The number of aryl methyl sites for hydroxylation is 1. The van der Waals surface area contributed by atoms with Crippen LogP contribution in [0, 0.1) is 6.92 Å². The van der Waals surface area contributed by atoms with Gasteiger partial charge in [-0.1, -0.05) is 0 Å². The van der Waals surface area contributed by atoms with Crippen molar-refractivity contribution in [2.75, 3.05) is 11.9 Å². The number of nitrogens with zero attached hydrogens (tertiary/aromatic N) is 2. The third-order valence-electron chi connectivity index (χ3n) is 3.52. The molecule has 0 saturated heterocycles. The number of fused-ring (bicyclic) bond motifs is 1. The molecule has 1 aromatic carbocycles. The number of rotatable bonds is 5. The first-order chi connectivity index (χ1) is 12.5. The summed E-state index contributed by atoms with van der Waals surface area (Å²) >= 11 is 0. The number of hydrogen-bond donors (Lipinski definition) is 2. The van der Waals surface area contributed by atoms with E-state index >= 15 is 0 Å². The lowest BCUT2D eigenvalue weighted by Crippen LogP contribution is -2.24. The topological polar surface area (TPSA) is 106 Å². The summed E-state index contributed by atoms with van der Waals surface area (Å²) in [6.45, 7) is 3.95. The molecule has 2 aromatic heterocycles. The second-order valence-corrected chi connectivity index (χ2v) is 5.48. The molecule has 0 spiro atoms. The summed E-state index contributed by atoms with van der Waals surface area (Å²) in [6.07, 6.45) is 0.988. The zero-order chi connectivity index (χ0) is 18.5. The number of alkyl carbamates (subject to hydrolysis) is 1. The van der Waals surface area contributed by atoms with E-state index in [1.807, 2.05) is 0 Å². The monoisotopic (exact) mass is 354 g/mol. The Bertz CT molecular complexity index is 951. The predicted molar refractivity (Wildman–Crippen MR) is 94.8 cm³/mol. The number of aromatic nitrogens is 2. The molecule has 0 atom stereocenters. The molecule has 2 amide bonds. The largest absolute Gasteiger partial charge is 0.450 e. The Kier molecular flexibility index (Phi) is 5.12. The standard InChI is InChI=1S/C18H18N4O4/c1-3-25-18(24)20-10-14-8-12(6-7-19-14)17(23)22-13-4-5-16-15(9-13)21-11(2)26-16/h4-9H,3,10H2,1-2H3,(H,20,24)(H,22,23). The Hall–Kier alpha value is -3.42. The molecule has 3 aromatic rings. The van der Waals surface area contributed by atoms with Crippen molar-refractivity contribution in [1.29, 1.82) is 0 Å². The maximum absolute atomic E-state index is 12.5. The summed E-state index contributed by atoms with van der Waals surface area (Å²) in [6, 6.07) is 8.46. The van der Waals surface area contributed by atoms with Crippen LogP contribution in [-0.4, -0.2) is 28.6 Å². The van der Waals surface area contributed by atoms with Crippen molar-refractivity contribution in [2.45, 2.75) is 20.4 Å². The first-order valence-corrected chi connectivity index (χ1v) is 8.09. The van der Waals surface area contributed by atoms with Gasteiger partial charge in [-0.3, -0.25) is 9.78 Å². The van der Waals surface area contributed by atoms with Crippen LogP contribution in [0.1, 0.15) is 28.9 Å². The van der Waals surface area contributed by atoms with Crippen LogP contribution in [0.25, 0.3) is 11.1 Å². The summed E-state index contributed by atoms with van der Waals surface area (Å²) in [5.74, 6) is 0.278. The number of oxazole rings is 1. The number of hydrogen-bond acceptors (Lipinski definition) is 6. The molecule has 0 saturated carbocycles. The summed E-state index contributed by atoms with van der Waals surface area (Å²) < 4.78 is 10.2. The molecule has 0 radical (unpaired) electrons. The first kappa shape index (κ1) is 17.4. The molecule has 3 rings (SSSR count). The number of pyridine rings is 1. The van der Waals surface area contributed by atoms with Gasteiger partial charge in [0.1, 0.15) is 5.52 Å². The lowest BCUT2D eigenvalue weighted by Gasteiger charge is -2.07. The Labute approximate surface area is 149 Å². The van der Waals surface area contributed by atoms with Crippen LogP contribution in [0.4, 0.5) is 10.5 Å². The SMILES string of the molecule is CCOC(=O)NCc1cc(C(=O)Nc2ccc3oc(C)nc3c2)ccn1. The maximum Gasteiger partial charge on any atom is 0.407 e. The smallest absolute Gasteiger partial charge is 0.407 e. The lowest BCUT2D eigenvalue weighted by molar-refractivity contribution is 0.102. The molecule has 8 heteroatoms. The van der Waals surface area contributed by atoms with Crippen molar-refractivity contribution in [1.82, 2.24) is 15.3 Å². The minimum Gasteiger partial charge on any atom is -0.450 e. The molecule has 0 aliphatic rings. The summed E-state index contributed by atoms with van der Waals surface area (Å²) in [5.41, 5.74) is 2.93. The minimum absolute atomic E-state index is 0.171. The van der Waals surface area contributed by atoms with Gasteiger partial charge in [-0.25, -0.2) is 9.78 Å². The molecule has 0 unspecified atom stereocenters. The third-order valence-corrected chi connectivity index (χ3v) is 3.52. The Morgan fingerprint density at radius 1 is 1.23 bits per heavy atom. The summed E-state index contributed by atoms with van der Waals surface area (Å²) in [4.78, 5) is 32.2. The fourth-order valence-electron chi connectivity index (χ4n) is 2.38. The number of benzene rings is 1. The van der Waals surface area contributed by atoms with Crippen LogP contribution >= 0.6 is 0 Å². The number of amides is 2. The van der Waals surface area contributed by atoms with Crippen LogP contribution in [-0.2, 0) is 11.3 Å². The zero-order valence-corrected chi connectivity index (χ0v) is 14.4. The van der Waals surface area contributed by atoms with Gasteiger partial charge in [0.15, 0.2) is 11.5 Å². The van der Waals surface area contributed by atoms with Gasteiger partial charge in [0.25, 0.3) is 5.91 Å². The molecule has 26 heavy (non-hydrogen) atoms. The van der Waals surface area contributed by atoms with E-state index in [2.05, 4.69) is 20.6 Å². The van der Waals surface area contributed by atoms with Gasteiger partial charge in [-0.15, -0.1) is 0 Å². The van der Waals surface area contributed by atoms with Crippen LogP contribution in [0.2, 0.25) is 0 Å². The van der Waals surface area contributed by atoms with E-state index < -0.39 is 6.09 Å². The number of nitrogens with one attached hydrogen (secondary N) is 2. The van der Waals surface area contributed by atoms with Gasteiger partial charge >= 0.3 is 6.09 Å². The van der Waals surface area contributed by atoms with Crippen molar-refractivity contribution < 1.29 is 18.7 Å². The fourth-order valence-corrected chi connectivity index (χ4v) is 2.38. The van der Waals surface area contributed by atoms with Gasteiger partial charge in [-0.2, -0.15) is 0 Å². The van der Waals surface area contributed by atoms with Crippen LogP contribution in [0.5, 0.6) is 0 Å². The second kappa shape index (κ2) is 7.64. The fraction of sp³-hybridized carbons (Fsp3) is 0.222. The van der Waals surface area contributed by atoms with E-state index in [-0.39, 0.29) is 19.1 Å². The Morgan fingerprint density at radius 3 is 2.88 bits per heavy atom. The van der Waals surface area contributed by atoms with Crippen molar-refractivity contribution in [2.24, 2.45) is 0 Å². The normalized spacial score (nSPS) is 10.5. The van der Waals surface area contributed by atoms with E-state index in [0.29, 0.717) is 33.9 Å². The first-order valence-electron chi connectivity index (χ1n) is 8.09. The molecule has 0 bridgehead atoms. The van der Waals surface area contributed by atoms with Gasteiger partial charge in [0.05, 0.1) is 18.8 Å². The molecule has 0 aliphatic carbocycles. The van der Waals surface area contributed by atoms with Gasteiger partial charge < -0.3 is 19.8 Å². The van der Waals surface area contributed by atoms with Crippen molar-refractivity contribution in [3.05, 3.63) is 53.7 Å². The van der Waals surface area contributed by atoms with E-state index in [4.69, 9.17) is 9.15 Å². The highest BCUT2D eigenvalue weighted by atomic mass is 16.5. The average Bonchev–Trinajstić information content (AvgIpc) is 3.00. The molecular formula is C18H18N4O4. The van der Waals surface area contributed by atoms with E-state index in [0.717, 1.165) is 0 Å². The van der Waals surface area contributed by atoms with E-state index in [1.165, 1.54) is 6.20 Å². The highest BCUT2D eigenvalue weighted by molar-refractivity contribution is 6.04. The maximum atomic E-state index is 12.5. The Balaban J connectivity index is 1.68. The van der Waals surface area contributed by atoms with Crippen molar-refractivity contribution in [3.8, 4) is 0 Å². The highest BCUT2D eigenvalue weighted by Crippen LogP contribution is 2.20. The van der Waals surface area contributed by atoms with Crippen molar-refractivity contribution >= 4 is 28.8 Å². The van der Waals surface area contributed by atoms with Gasteiger partial charge in [0.2, 0.25) is 0 Å². The minimum atomic E-state index is -0.527.